The fourth-order valence-electron chi connectivity index (χ4n) is 3.86. The molecule has 0 aromatic heterocycles. The standard InChI is InChI=1S/C18H36N4O/c1-13(2)22-9-7-8-14(12-22)11-20-17(19-5)21-15-10-16(23-6)18(15,3)4/h13-16H,7-12H2,1-6H3,(H2,19,20,21). The summed E-state index contributed by atoms with van der Waals surface area (Å²) < 4.78 is 5.53. The first-order valence-corrected chi connectivity index (χ1v) is 9.12. The van der Waals surface area contributed by atoms with Crippen LogP contribution in [0.15, 0.2) is 4.99 Å². The van der Waals surface area contributed by atoms with Gasteiger partial charge in [0.1, 0.15) is 0 Å². The van der Waals surface area contributed by atoms with Crippen molar-refractivity contribution >= 4 is 5.96 Å². The van der Waals surface area contributed by atoms with Crippen LogP contribution in [-0.2, 0) is 4.74 Å². The number of methoxy groups -OCH3 is 1. The molecule has 3 unspecified atom stereocenters. The van der Waals surface area contributed by atoms with Gasteiger partial charge in [-0.3, -0.25) is 4.99 Å². The fourth-order valence-corrected chi connectivity index (χ4v) is 3.86. The molecule has 1 aliphatic heterocycles. The maximum Gasteiger partial charge on any atom is 0.191 e. The molecule has 5 heteroatoms. The molecule has 134 valence electrons. The minimum absolute atomic E-state index is 0.158. The predicted molar refractivity (Wildman–Crippen MR) is 96.9 cm³/mol. The molecule has 0 aromatic rings. The summed E-state index contributed by atoms with van der Waals surface area (Å²) in [6.45, 7) is 12.6. The summed E-state index contributed by atoms with van der Waals surface area (Å²) >= 11 is 0. The van der Waals surface area contributed by atoms with Gasteiger partial charge in [0, 0.05) is 44.7 Å². The van der Waals surface area contributed by atoms with Crippen LogP contribution >= 0.6 is 0 Å². The van der Waals surface area contributed by atoms with Crippen LogP contribution in [0.3, 0.4) is 0 Å². The molecule has 5 nitrogen and oxygen atoms in total. The van der Waals surface area contributed by atoms with E-state index in [9.17, 15) is 0 Å². The second kappa shape index (κ2) is 7.84. The Morgan fingerprint density at radius 3 is 2.70 bits per heavy atom. The van der Waals surface area contributed by atoms with Gasteiger partial charge in [-0.1, -0.05) is 13.8 Å². The van der Waals surface area contributed by atoms with Crippen LogP contribution in [0, 0.1) is 11.3 Å². The van der Waals surface area contributed by atoms with E-state index < -0.39 is 0 Å². The lowest BCUT2D eigenvalue weighted by Crippen LogP contribution is -2.63. The number of nitrogens with one attached hydrogen (secondary N) is 2. The highest BCUT2D eigenvalue weighted by Crippen LogP contribution is 2.42. The van der Waals surface area contributed by atoms with Gasteiger partial charge in [-0.05, 0) is 45.6 Å². The van der Waals surface area contributed by atoms with Gasteiger partial charge in [-0.25, -0.2) is 0 Å². The Morgan fingerprint density at radius 1 is 1.39 bits per heavy atom. The van der Waals surface area contributed by atoms with Crippen molar-refractivity contribution in [1.82, 2.24) is 15.5 Å². The van der Waals surface area contributed by atoms with Crippen molar-refractivity contribution in [2.45, 2.75) is 65.1 Å². The van der Waals surface area contributed by atoms with Crippen molar-refractivity contribution < 1.29 is 4.74 Å². The lowest BCUT2D eigenvalue weighted by Gasteiger charge is -2.51. The van der Waals surface area contributed by atoms with Gasteiger partial charge in [0.05, 0.1) is 6.10 Å². The van der Waals surface area contributed by atoms with Gasteiger partial charge in [-0.15, -0.1) is 0 Å². The third kappa shape index (κ3) is 4.38. The summed E-state index contributed by atoms with van der Waals surface area (Å²) in [4.78, 5) is 6.99. The minimum atomic E-state index is 0.158. The lowest BCUT2D eigenvalue weighted by molar-refractivity contribution is -0.0922. The van der Waals surface area contributed by atoms with Gasteiger partial charge in [-0.2, -0.15) is 0 Å². The van der Waals surface area contributed by atoms with Gasteiger partial charge in [0.2, 0.25) is 0 Å². The highest BCUT2D eigenvalue weighted by atomic mass is 16.5. The Kier molecular flexibility index (Phi) is 6.32. The largest absolute Gasteiger partial charge is 0.381 e. The molecule has 0 spiro atoms. The third-order valence-electron chi connectivity index (χ3n) is 5.84. The first-order chi connectivity index (χ1) is 10.9. The Hall–Kier alpha value is -0.810. The van der Waals surface area contributed by atoms with Gasteiger partial charge >= 0.3 is 0 Å². The molecule has 0 aromatic carbocycles. The molecule has 3 atom stereocenters. The summed E-state index contributed by atoms with van der Waals surface area (Å²) in [5.41, 5.74) is 0.158. The highest BCUT2D eigenvalue weighted by molar-refractivity contribution is 5.80. The highest BCUT2D eigenvalue weighted by Gasteiger charge is 2.48. The van der Waals surface area contributed by atoms with Crippen LogP contribution in [0.25, 0.3) is 0 Å². The number of aliphatic imine (C=N–C) groups is 1. The van der Waals surface area contributed by atoms with E-state index in [2.05, 4.69) is 48.2 Å². The van der Waals surface area contributed by atoms with E-state index in [0.717, 1.165) is 18.9 Å². The van der Waals surface area contributed by atoms with Gasteiger partial charge in [0.15, 0.2) is 5.96 Å². The minimum Gasteiger partial charge on any atom is -0.381 e. The van der Waals surface area contributed by atoms with Crippen LogP contribution in [-0.4, -0.2) is 62.8 Å². The topological polar surface area (TPSA) is 48.9 Å². The van der Waals surface area contributed by atoms with Crippen LogP contribution in [0.4, 0.5) is 0 Å². The Balaban J connectivity index is 1.78. The normalized spacial score (nSPS) is 31.8. The number of guanidine groups is 1. The van der Waals surface area contributed by atoms with Crippen molar-refractivity contribution in [3.05, 3.63) is 0 Å². The molecule has 0 bridgehead atoms. The third-order valence-corrected chi connectivity index (χ3v) is 5.84. The number of nitrogens with zero attached hydrogens (tertiary/aromatic N) is 2. The van der Waals surface area contributed by atoms with Crippen molar-refractivity contribution in [3.8, 4) is 0 Å². The van der Waals surface area contributed by atoms with Crippen molar-refractivity contribution in [3.63, 3.8) is 0 Å². The molecule has 0 amide bonds. The molecule has 2 rings (SSSR count). The van der Waals surface area contributed by atoms with Crippen molar-refractivity contribution in [1.29, 1.82) is 0 Å². The average molecular weight is 325 g/mol. The maximum atomic E-state index is 5.53. The number of hydrogen-bond acceptors (Lipinski definition) is 3. The zero-order valence-corrected chi connectivity index (χ0v) is 15.9. The summed E-state index contributed by atoms with van der Waals surface area (Å²) in [5.74, 6) is 1.64. The second-order valence-corrected chi connectivity index (χ2v) is 8.03. The van der Waals surface area contributed by atoms with Gasteiger partial charge < -0.3 is 20.3 Å². The van der Waals surface area contributed by atoms with Gasteiger partial charge in [0.25, 0.3) is 0 Å². The van der Waals surface area contributed by atoms with E-state index in [4.69, 9.17) is 4.74 Å². The average Bonchev–Trinajstić information content (AvgIpc) is 2.53. The first-order valence-electron chi connectivity index (χ1n) is 9.12. The molecule has 0 radical (unpaired) electrons. The summed E-state index contributed by atoms with van der Waals surface area (Å²) in [5, 5.41) is 7.12. The molecule has 2 N–H and O–H groups in total. The number of piperidine rings is 1. The van der Waals surface area contributed by atoms with Crippen LogP contribution in [0.2, 0.25) is 0 Å². The van der Waals surface area contributed by atoms with Crippen molar-refractivity contribution in [2.24, 2.45) is 16.3 Å². The molecule has 2 aliphatic rings. The molecular weight excluding hydrogens is 288 g/mol. The van der Waals surface area contributed by atoms with E-state index >= 15 is 0 Å². The van der Waals surface area contributed by atoms with E-state index in [-0.39, 0.29) is 5.41 Å². The van der Waals surface area contributed by atoms with E-state index in [1.807, 2.05) is 7.05 Å². The Morgan fingerprint density at radius 2 is 2.13 bits per heavy atom. The SMILES string of the molecule is CN=C(NCC1CCCN(C(C)C)C1)NC1CC(OC)C1(C)C. The number of hydrogen-bond donors (Lipinski definition) is 2. The van der Waals surface area contributed by atoms with E-state index in [1.165, 1.54) is 25.9 Å². The summed E-state index contributed by atoms with van der Waals surface area (Å²) in [7, 11) is 3.66. The number of likely N-dealkylation sites (tertiary alicyclic amines) is 1. The van der Waals surface area contributed by atoms with E-state index in [1.54, 1.807) is 7.11 Å². The lowest BCUT2D eigenvalue weighted by atomic mass is 9.64. The van der Waals surface area contributed by atoms with E-state index in [0.29, 0.717) is 24.1 Å². The van der Waals surface area contributed by atoms with Crippen molar-refractivity contribution in [2.75, 3.05) is 33.8 Å². The quantitative estimate of drug-likeness (QED) is 0.600. The van der Waals surface area contributed by atoms with Crippen LogP contribution < -0.4 is 10.6 Å². The molecule has 1 saturated heterocycles. The molecule has 2 fully saturated rings. The zero-order chi connectivity index (χ0) is 17.0. The second-order valence-electron chi connectivity index (χ2n) is 8.03. The number of ether oxygens (including phenoxy) is 1. The zero-order valence-electron chi connectivity index (χ0n) is 15.9. The Bertz CT molecular complexity index is 408. The Labute approximate surface area is 142 Å². The summed E-state index contributed by atoms with van der Waals surface area (Å²) in [6, 6.07) is 1.08. The molecule has 1 heterocycles. The van der Waals surface area contributed by atoms with Crippen LogP contribution in [0.5, 0.6) is 0 Å². The molecule has 1 saturated carbocycles. The number of rotatable bonds is 5. The summed E-state index contributed by atoms with van der Waals surface area (Å²) in [6.07, 6.45) is 4.01. The first kappa shape index (κ1) is 18.5. The monoisotopic (exact) mass is 324 g/mol. The molecular formula is C18H36N4O. The maximum absolute atomic E-state index is 5.53. The molecule has 1 aliphatic carbocycles. The van der Waals surface area contributed by atoms with Crippen LogP contribution in [0.1, 0.15) is 47.0 Å². The molecule has 23 heavy (non-hydrogen) atoms. The predicted octanol–water partition coefficient (Wildman–Crippen LogP) is 2.09. The smallest absolute Gasteiger partial charge is 0.191 e. The fraction of sp³-hybridized carbons (Fsp3) is 0.944.